The van der Waals surface area contributed by atoms with Gasteiger partial charge >= 0.3 is 0 Å². The van der Waals surface area contributed by atoms with Crippen molar-refractivity contribution < 1.29 is 0 Å². The van der Waals surface area contributed by atoms with Gasteiger partial charge in [-0.2, -0.15) is 9.97 Å². The Morgan fingerprint density at radius 2 is 1.95 bits per heavy atom. The van der Waals surface area contributed by atoms with Gasteiger partial charge in [-0.05, 0) is 19.1 Å². The van der Waals surface area contributed by atoms with Crippen LogP contribution in [0.25, 0.3) is 0 Å². The topological polar surface area (TPSA) is 70.3 Å². The van der Waals surface area contributed by atoms with Crippen molar-refractivity contribution >= 4 is 29.0 Å². The third-order valence-electron chi connectivity index (χ3n) is 3.61. The van der Waals surface area contributed by atoms with E-state index in [4.69, 9.17) is 5.73 Å². The summed E-state index contributed by atoms with van der Waals surface area (Å²) in [5.74, 6) is 1.88. The lowest BCUT2D eigenvalue weighted by atomic mass is 10.1. The fourth-order valence-corrected chi connectivity index (χ4v) is 2.61. The van der Waals surface area contributed by atoms with Crippen LogP contribution in [0.3, 0.4) is 0 Å². The van der Waals surface area contributed by atoms with Gasteiger partial charge in [0.25, 0.3) is 0 Å². The molecule has 0 bridgehead atoms. The van der Waals surface area contributed by atoms with Crippen LogP contribution in [0.5, 0.6) is 0 Å². The number of likely N-dealkylation sites (N-methyl/N-ethyl adjacent to an activating group) is 1. The number of fused-ring (bicyclic) bond motifs is 1. The Hall–Kier alpha value is -2.50. The summed E-state index contributed by atoms with van der Waals surface area (Å²) in [4.78, 5) is 13.0. The first-order chi connectivity index (χ1) is 10.2. The second kappa shape index (κ2) is 5.47. The number of anilines is 5. The molecule has 2 heterocycles. The van der Waals surface area contributed by atoms with Gasteiger partial charge in [0.1, 0.15) is 11.6 Å². The van der Waals surface area contributed by atoms with Crippen molar-refractivity contribution in [1.82, 2.24) is 9.97 Å². The first-order valence-electron chi connectivity index (χ1n) is 7.15. The maximum absolute atomic E-state index is 5.84. The van der Waals surface area contributed by atoms with Crippen molar-refractivity contribution in [3.8, 4) is 0 Å². The number of aromatic nitrogens is 2. The molecule has 1 aliphatic heterocycles. The smallest absolute Gasteiger partial charge is 0.223 e. The monoisotopic (exact) mass is 284 g/mol. The van der Waals surface area contributed by atoms with E-state index in [1.54, 1.807) is 0 Å². The molecule has 3 N–H and O–H groups in total. The van der Waals surface area contributed by atoms with Crippen molar-refractivity contribution in [2.24, 2.45) is 0 Å². The number of benzene rings is 1. The highest BCUT2D eigenvalue weighted by Crippen LogP contribution is 2.36. The molecule has 1 aromatic heterocycles. The lowest BCUT2D eigenvalue weighted by Crippen LogP contribution is -2.36. The number of nitrogens with one attached hydrogen (secondary N) is 1. The minimum atomic E-state index is 0.292. The maximum atomic E-state index is 5.84. The zero-order valence-corrected chi connectivity index (χ0v) is 12.4. The van der Waals surface area contributed by atoms with Gasteiger partial charge < -0.3 is 20.9 Å². The number of nitrogens with zero attached hydrogens (tertiary/aromatic N) is 4. The maximum Gasteiger partial charge on any atom is 0.223 e. The summed E-state index contributed by atoms with van der Waals surface area (Å²) in [6.45, 7) is 4.64. The van der Waals surface area contributed by atoms with E-state index in [2.05, 4.69) is 50.3 Å². The lowest BCUT2D eigenvalue weighted by Gasteiger charge is -2.36. The Morgan fingerprint density at radius 1 is 1.19 bits per heavy atom. The van der Waals surface area contributed by atoms with Crippen LogP contribution in [-0.2, 0) is 0 Å². The molecule has 0 saturated heterocycles. The molecule has 1 aromatic carbocycles. The Morgan fingerprint density at radius 3 is 2.71 bits per heavy atom. The summed E-state index contributed by atoms with van der Waals surface area (Å²) in [7, 11) is 2.11. The Kier molecular flexibility index (Phi) is 3.51. The van der Waals surface area contributed by atoms with Gasteiger partial charge in [-0.1, -0.05) is 12.1 Å². The zero-order valence-electron chi connectivity index (χ0n) is 12.4. The number of para-hydroxylation sites is 2. The van der Waals surface area contributed by atoms with E-state index in [9.17, 15) is 0 Å². The molecule has 1 aliphatic rings. The number of hydrogen-bond acceptors (Lipinski definition) is 6. The fraction of sp³-hybridized carbons (Fsp3) is 0.333. The Labute approximate surface area is 124 Å². The molecular formula is C15H20N6. The summed E-state index contributed by atoms with van der Waals surface area (Å²) in [5.41, 5.74) is 8.19. The summed E-state index contributed by atoms with van der Waals surface area (Å²) < 4.78 is 0. The number of nitrogen functional groups attached to an aromatic ring is 1. The lowest BCUT2D eigenvalue weighted by molar-refractivity contribution is 0.812. The van der Waals surface area contributed by atoms with Crippen LogP contribution in [0.4, 0.5) is 29.0 Å². The second-order valence-electron chi connectivity index (χ2n) is 5.06. The van der Waals surface area contributed by atoms with Crippen LogP contribution in [0.15, 0.2) is 30.3 Å². The molecule has 0 saturated carbocycles. The molecule has 0 fully saturated rings. The van der Waals surface area contributed by atoms with Gasteiger partial charge in [0, 0.05) is 32.7 Å². The van der Waals surface area contributed by atoms with Crippen LogP contribution in [-0.4, -0.2) is 36.6 Å². The third-order valence-corrected chi connectivity index (χ3v) is 3.61. The minimum Gasteiger partial charge on any atom is -0.371 e. The van der Waals surface area contributed by atoms with Crippen LogP contribution in [0, 0.1) is 0 Å². The summed E-state index contributed by atoms with van der Waals surface area (Å²) in [6.07, 6.45) is 0. The van der Waals surface area contributed by atoms with Crippen LogP contribution in [0.2, 0.25) is 0 Å². The van der Waals surface area contributed by atoms with Gasteiger partial charge in [-0.15, -0.1) is 0 Å². The highest BCUT2D eigenvalue weighted by atomic mass is 15.3. The van der Waals surface area contributed by atoms with E-state index >= 15 is 0 Å². The van der Waals surface area contributed by atoms with E-state index in [-0.39, 0.29) is 0 Å². The molecule has 0 unspecified atom stereocenters. The summed E-state index contributed by atoms with van der Waals surface area (Å²) in [5, 5.41) is 3.19. The molecule has 0 atom stereocenters. The predicted molar refractivity (Wildman–Crippen MR) is 87.3 cm³/mol. The predicted octanol–water partition coefficient (Wildman–Crippen LogP) is 2.08. The Bertz CT molecular complexity index is 642. The van der Waals surface area contributed by atoms with E-state index in [1.807, 2.05) is 19.1 Å². The third kappa shape index (κ3) is 2.56. The van der Waals surface area contributed by atoms with Gasteiger partial charge in [0.05, 0.1) is 11.4 Å². The zero-order chi connectivity index (χ0) is 14.8. The summed E-state index contributed by atoms with van der Waals surface area (Å²) >= 11 is 0. The summed E-state index contributed by atoms with van der Waals surface area (Å²) in [6, 6.07) is 10.3. The molecule has 21 heavy (non-hydrogen) atoms. The van der Waals surface area contributed by atoms with Crippen molar-refractivity contribution in [2.75, 3.05) is 47.5 Å². The van der Waals surface area contributed by atoms with E-state index < -0.39 is 0 Å². The number of hydrogen-bond donors (Lipinski definition) is 2. The van der Waals surface area contributed by atoms with Gasteiger partial charge in [0.2, 0.25) is 5.95 Å². The largest absolute Gasteiger partial charge is 0.371 e. The molecule has 0 spiro atoms. The van der Waals surface area contributed by atoms with E-state index in [0.29, 0.717) is 5.95 Å². The highest BCUT2D eigenvalue weighted by molar-refractivity contribution is 5.78. The first kappa shape index (κ1) is 13.5. The standard InChI is InChI=1S/C15H20N6/c1-3-17-13-10-14(19-15(16)18-13)21-9-8-20(2)11-6-4-5-7-12(11)21/h4-7,10H,3,8-9H2,1-2H3,(H3,16,17,18,19). The fourth-order valence-electron chi connectivity index (χ4n) is 2.61. The van der Waals surface area contributed by atoms with Crippen molar-refractivity contribution in [3.63, 3.8) is 0 Å². The minimum absolute atomic E-state index is 0.292. The van der Waals surface area contributed by atoms with Crippen LogP contribution in [0.1, 0.15) is 6.92 Å². The number of rotatable bonds is 3. The molecule has 2 aromatic rings. The Balaban J connectivity index is 2.03. The quantitative estimate of drug-likeness (QED) is 0.899. The molecule has 0 radical (unpaired) electrons. The molecule has 6 heteroatoms. The van der Waals surface area contributed by atoms with Gasteiger partial charge in [0.15, 0.2) is 0 Å². The van der Waals surface area contributed by atoms with Crippen LogP contribution < -0.4 is 20.9 Å². The van der Waals surface area contributed by atoms with Crippen molar-refractivity contribution in [1.29, 1.82) is 0 Å². The molecule has 0 amide bonds. The molecule has 110 valence electrons. The number of nitrogens with two attached hydrogens (primary N) is 1. The van der Waals surface area contributed by atoms with E-state index in [0.717, 1.165) is 37.0 Å². The molecule has 6 nitrogen and oxygen atoms in total. The van der Waals surface area contributed by atoms with Crippen LogP contribution >= 0.6 is 0 Å². The van der Waals surface area contributed by atoms with Crippen molar-refractivity contribution in [2.45, 2.75) is 6.92 Å². The van der Waals surface area contributed by atoms with E-state index in [1.165, 1.54) is 5.69 Å². The van der Waals surface area contributed by atoms with Gasteiger partial charge in [-0.3, -0.25) is 0 Å². The van der Waals surface area contributed by atoms with Crippen molar-refractivity contribution in [3.05, 3.63) is 30.3 Å². The SMILES string of the molecule is CCNc1cc(N2CCN(C)c3ccccc32)nc(N)n1. The average Bonchev–Trinajstić information content (AvgIpc) is 2.47. The average molecular weight is 284 g/mol. The molecule has 3 rings (SSSR count). The molecular weight excluding hydrogens is 264 g/mol. The highest BCUT2D eigenvalue weighted by Gasteiger charge is 2.22. The molecule has 0 aliphatic carbocycles. The normalized spacial score (nSPS) is 14.0. The second-order valence-corrected chi connectivity index (χ2v) is 5.06. The first-order valence-corrected chi connectivity index (χ1v) is 7.15. The van der Waals surface area contributed by atoms with Gasteiger partial charge in [-0.25, -0.2) is 0 Å².